The van der Waals surface area contributed by atoms with Crippen molar-refractivity contribution in [2.45, 2.75) is 91.6 Å². The summed E-state index contributed by atoms with van der Waals surface area (Å²) in [5.74, 6) is 1.70. The maximum Gasteiger partial charge on any atom is 0.0133 e. The summed E-state index contributed by atoms with van der Waals surface area (Å²) < 4.78 is 0. The fourth-order valence-corrected chi connectivity index (χ4v) is 4.01. The second-order valence-corrected chi connectivity index (χ2v) is 8.53. The Kier molecular flexibility index (Phi) is 5.34. The van der Waals surface area contributed by atoms with E-state index >= 15 is 0 Å². The lowest BCUT2D eigenvalue weighted by Gasteiger charge is -2.39. The molecule has 2 saturated carbocycles. The van der Waals surface area contributed by atoms with Gasteiger partial charge in [0.25, 0.3) is 0 Å². The van der Waals surface area contributed by atoms with Crippen LogP contribution in [0.25, 0.3) is 0 Å². The van der Waals surface area contributed by atoms with Crippen molar-refractivity contribution in [2.24, 2.45) is 17.3 Å². The van der Waals surface area contributed by atoms with Crippen LogP contribution in [-0.4, -0.2) is 12.1 Å². The average molecular weight is 277 g/mol. The fourth-order valence-electron chi connectivity index (χ4n) is 4.01. The van der Waals surface area contributed by atoms with Crippen LogP contribution in [-0.2, 0) is 0 Å². The summed E-state index contributed by atoms with van der Waals surface area (Å²) in [6.45, 7) is 11.9. The molecule has 0 spiro atoms. The number of rotatable bonds is 2. The van der Waals surface area contributed by atoms with Gasteiger partial charge in [0.1, 0.15) is 0 Å². The molecule has 116 valence electrons. The van der Waals surface area contributed by atoms with Gasteiger partial charge in [-0.2, -0.15) is 0 Å². The van der Waals surface area contributed by atoms with Crippen LogP contribution in [0.4, 0.5) is 0 Å². The first-order chi connectivity index (χ1) is 9.35. The summed E-state index contributed by atoms with van der Waals surface area (Å²) in [5, 5.41) is 4.03. The van der Waals surface area contributed by atoms with E-state index in [0.717, 1.165) is 17.9 Å². The van der Waals surface area contributed by atoms with E-state index in [0.29, 0.717) is 11.5 Å². The first kappa shape index (κ1) is 16.1. The summed E-state index contributed by atoms with van der Waals surface area (Å²) >= 11 is 0. The van der Waals surface area contributed by atoms with Crippen molar-refractivity contribution in [3.05, 3.63) is 11.6 Å². The molecule has 4 unspecified atom stereocenters. The molecule has 0 saturated heterocycles. The van der Waals surface area contributed by atoms with Crippen molar-refractivity contribution in [3.8, 4) is 0 Å². The Balaban J connectivity index is 1.96. The van der Waals surface area contributed by atoms with Gasteiger partial charge in [-0.3, -0.25) is 0 Å². The van der Waals surface area contributed by atoms with Crippen LogP contribution in [0.1, 0.15) is 79.6 Å². The van der Waals surface area contributed by atoms with Crippen LogP contribution in [0.15, 0.2) is 11.6 Å². The third-order valence-electron chi connectivity index (χ3n) is 5.27. The van der Waals surface area contributed by atoms with Gasteiger partial charge in [-0.05, 0) is 49.4 Å². The molecule has 0 aromatic rings. The second-order valence-electron chi connectivity index (χ2n) is 8.53. The monoisotopic (exact) mass is 277 g/mol. The summed E-state index contributed by atoms with van der Waals surface area (Å²) in [7, 11) is 0. The van der Waals surface area contributed by atoms with Crippen molar-refractivity contribution < 1.29 is 0 Å². The molecule has 1 heteroatoms. The zero-order valence-corrected chi connectivity index (χ0v) is 14.3. The van der Waals surface area contributed by atoms with E-state index in [1.165, 1.54) is 44.9 Å². The highest BCUT2D eigenvalue weighted by Crippen LogP contribution is 2.33. The van der Waals surface area contributed by atoms with Gasteiger partial charge in [0.2, 0.25) is 0 Å². The lowest BCUT2D eigenvalue weighted by atomic mass is 9.78. The van der Waals surface area contributed by atoms with Gasteiger partial charge in [0, 0.05) is 12.1 Å². The molecule has 20 heavy (non-hydrogen) atoms. The number of allylic oxidation sites excluding steroid dienone is 1. The predicted molar refractivity (Wildman–Crippen MR) is 88.9 cm³/mol. The van der Waals surface area contributed by atoms with E-state index in [9.17, 15) is 0 Å². The van der Waals surface area contributed by atoms with Crippen LogP contribution < -0.4 is 5.32 Å². The Bertz CT molecular complexity index is 336. The Morgan fingerprint density at radius 1 is 0.950 bits per heavy atom. The summed E-state index contributed by atoms with van der Waals surface area (Å²) in [6, 6.07) is 1.48. The van der Waals surface area contributed by atoms with E-state index < -0.39 is 0 Å². The zero-order valence-electron chi connectivity index (χ0n) is 14.3. The van der Waals surface area contributed by atoms with Crippen molar-refractivity contribution in [1.82, 2.24) is 5.32 Å². The summed E-state index contributed by atoms with van der Waals surface area (Å²) in [4.78, 5) is 0. The third-order valence-corrected chi connectivity index (χ3v) is 5.27. The minimum atomic E-state index is 0.332. The van der Waals surface area contributed by atoms with Crippen LogP contribution in [0.2, 0.25) is 0 Å². The molecule has 2 fully saturated rings. The Morgan fingerprint density at radius 2 is 1.60 bits per heavy atom. The first-order valence-electron chi connectivity index (χ1n) is 8.82. The standard InChI is InChI=1S/C19H35N/c1-14-8-6-7-9-17(14)20-18-12-16(11-10-15(18)2)13-19(3,4)5/h13-15,17-18,20H,6-12H2,1-5H3/b16-13-. The molecule has 1 nitrogen and oxygen atoms in total. The van der Waals surface area contributed by atoms with Crippen LogP contribution in [0.3, 0.4) is 0 Å². The average Bonchev–Trinajstić information content (AvgIpc) is 2.34. The van der Waals surface area contributed by atoms with Crippen LogP contribution in [0.5, 0.6) is 0 Å². The van der Waals surface area contributed by atoms with E-state index in [1.807, 2.05) is 0 Å². The molecule has 0 heterocycles. The van der Waals surface area contributed by atoms with Crippen LogP contribution >= 0.6 is 0 Å². The molecular weight excluding hydrogens is 242 g/mol. The highest BCUT2D eigenvalue weighted by atomic mass is 15.0. The number of hydrogen-bond acceptors (Lipinski definition) is 1. The highest BCUT2D eigenvalue weighted by Gasteiger charge is 2.29. The minimum Gasteiger partial charge on any atom is -0.310 e. The second kappa shape index (κ2) is 6.64. The lowest BCUT2D eigenvalue weighted by molar-refractivity contribution is 0.215. The maximum absolute atomic E-state index is 4.03. The summed E-state index contributed by atoms with van der Waals surface area (Å²) in [6.07, 6.45) is 12.2. The first-order valence-corrected chi connectivity index (χ1v) is 8.82. The zero-order chi connectivity index (χ0) is 14.8. The van der Waals surface area contributed by atoms with E-state index in [-0.39, 0.29) is 0 Å². The van der Waals surface area contributed by atoms with Gasteiger partial charge in [-0.25, -0.2) is 0 Å². The molecule has 0 radical (unpaired) electrons. The molecular formula is C19H35N. The normalized spacial score (nSPS) is 38.1. The van der Waals surface area contributed by atoms with E-state index in [4.69, 9.17) is 0 Å². The van der Waals surface area contributed by atoms with E-state index in [2.05, 4.69) is 46.0 Å². The van der Waals surface area contributed by atoms with Crippen molar-refractivity contribution in [2.75, 3.05) is 0 Å². The molecule has 0 bridgehead atoms. The number of hydrogen-bond donors (Lipinski definition) is 1. The van der Waals surface area contributed by atoms with Gasteiger partial charge < -0.3 is 5.32 Å². The quantitative estimate of drug-likeness (QED) is 0.674. The third kappa shape index (κ3) is 4.62. The van der Waals surface area contributed by atoms with Gasteiger partial charge in [-0.1, -0.05) is 59.1 Å². The SMILES string of the molecule is CC1CCCCC1NC1C/C(=C\C(C)(C)C)CCC1C. The Labute approximate surface area is 126 Å². The molecule has 2 aliphatic carbocycles. The van der Waals surface area contributed by atoms with Crippen molar-refractivity contribution >= 4 is 0 Å². The fraction of sp³-hybridized carbons (Fsp3) is 0.895. The van der Waals surface area contributed by atoms with Crippen LogP contribution in [0, 0.1) is 17.3 Å². The molecule has 0 aromatic carbocycles. The summed E-state index contributed by atoms with van der Waals surface area (Å²) in [5.41, 5.74) is 2.02. The highest BCUT2D eigenvalue weighted by molar-refractivity contribution is 5.12. The molecule has 2 aliphatic rings. The predicted octanol–water partition coefficient (Wildman–Crippen LogP) is 5.32. The molecule has 2 rings (SSSR count). The minimum absolute atomic E-state index is 0.332. The molecule has 0 amide bonds. The molecule has 4 atom stereocenters. The molecule has 0 aromatic heterocycles. The largest absolute Gasteiger partial charge is 0.310 e. The maximum atomic E-state index is 4.03. The van der Waals surface area contributed by atoms with Gasteiger partial charge in [-0.15, -0.1) is 0 Å². The topological polar surface area (TPSA) is 12.0 Å². The smallest absolute Gasteiger partial charge is 0.0133 e. The number of nitrogens with one attached hydrogen (secondary N) is 1. The lowest BCUT2D eigenvalue weighted by Crippen LogP contribution is -2.47. The Morgan fingerprint density at radius 3 is 2.25 bits per heavy atom. The van der Waals surface area contributed by atoms with Gasteiger partial charge >= 0.3 is 0 Å². The molecule has 1 N–H and O–H groups in total. The van der Waals surface area contributed by atoms with Crippen molar-refractivity contribution in [3.63, 3.8) is 0 Å². The molecule has 0 aliphatic heterocycles. The van der Waals surface area contributed by atoms with Gasteiger partial charge in [0.15, 0.2) is 0 Å². The Hall–Kier alpha value is -0.300. The van der Waals surface area contributed by atoms with Gasteiger partial charge in [0.05, 0.1) is 0 Å². The van der Waals surface area contributed by atoms with E-state index in [1.54, 1.807) is 5.57 Å². The van der Waals surface area contributed by atoms with Crippen molar-refractivity contribution in [1.29, 1.82) is 0 Å².